The van der Waals surface area contributed by atoms with E-state index in [9.17, 15) is 9.59 Å². The van der Waals surface area contributed by atoms with Crippen LogP contribution in [0.5, 0.6) is 5.75 Å². The number of para-hydroxylation sites is 1. The first-order valence-corrected chi connectivity index (χ1v) is 7.17. The third kappa shape index (κ3) is 3.31. The van der Waals surface area contributed by atoms with Gasteiger partial charge in [-0.25, -0.2) is 0 Å². The van der Waals surface area contributed by atoms with Crippen molar-refractivity contribution in [1.82, 2.24) is 10.3 Å². The lowest BCUT2D eigenvalue weighted by Crippen LogP contribution is -2.28. The van der Waals surface area contributed by atoms with Crippen LogP contribution in [0.15, 0.2) is 48.8 Å². The fourth-order valence-corrected chi connectivity index (χ4v) is 2.57. The van der Waals surface area contributed by atoms with Crippen LogP contribution in [0.4, 0.5) is 0 Å². The molecular formula is C17H16N2O3. The van der Waals surface area contributed by atoms with E-state index < -0.39 is 0 Å². The summed E-state index contributed by atoms with van der Waals surface area (Å²) >= 11 is 0. The second kappa shape index (κ2) is 6.39. The van der Waals surface area contributed by atoms with Crippen LogP contribution in [0.25, 0.3) is 0 Å². The molecule has 2 aromatic rings. The first-order chi connectivity index (χ1) is 10.7. The Kier molecular flexibility index (Phi) is 4.14. The lowest BCUT2D eigenvalue weighted by molar-refractivity contribution is -0.136. The molecule has 5 nitrogen and oxygen atoms in total. The zero-order valence-corrected chi connectivity index (χ0v) is 12.0. The molecule has 5 heteroatoms. The maximum atomic E-state index is 12.1. The van der Waals surface area contributed by atoms with Gasteiger partial charge in [-0.2, -0.15) is 0 Å². The van der Waals surface area contributed by atoms with Crippen molar-refractivity contribution in [2.45, 2.75) is 25.3 Å². The molecule has 0 bridgehead atoms. The van der Waals surface area contributed by atoms with Crippen LogP contribution < -0.4 is 10.1 Å². The first-order valence-electron chi connectivity index (χ1n) is 7.17. The minimum absolute atomic E-state index is 0.0849. The number of amides is 1. The predicted molar refractivity (Wildman–Crippen MR) is 80.1 cm³/mol. The fraction of sp³-hybridized carbons (Fsp3) is 0.235. The second-order valence-electron chi connectivity index (χ2n) is 5.26. The lowest BCUT2D eigenvalue weighted by atomic mass is 9.89. The zero-order valence-electron chi connectivity index (χ0n) is 12.0. The van der Waals surface area contributed by atoms with Gasteiger partial charge in [-0.05, 0) is 23.3 Å². The molecule has 3 rings (SSSR count). The summed E-state index contributed by atoms with van der Waals surface area (Å²) in [6.07, 6.45) is 3.91. The number of rotatable bonds is 4. The molecule has 0 saturated heterocycles. The Morgan fingerprint density at radius 3 is 2.95 bits per heavy atom. The quantitative estimate of drug-likeness (QED) is 0.693. The summed E-state index contributed by atoms with van der Waals surface area (Å²) in [5.74, 6) is 0.0530. The number of hydrogen-bond acceptors (Lipinski definition) is 4. The highest BCUT2D eigenvalue weighted by Gasteiger charge is 2.28. The van der Waals surface area contributed by atoms with Crippen molar-refractivity contribution >= 4 is 11.9 Å². The van der Waals surface area contributed by atoms with E-state index in [2.05, 4.69) is 10.3 Å². The normalized spacial score (nSPS) is 16.5. The van der Waals surface area contributed by atoms with Gasteiger partial charge < -0.3 is 10.1 Å². The van der Waals surface area contributed by atoms with E-state index in [0.717, 1.165) is 11.1 Å². The lowest BCUT2D eigenvalue weighted by Gasteiger charge is -2.23. The van der Waals surface area contributed by atoms with Gasteiger partial charge >= 0.3 is 5.97 Å². The number of esters is 1. The second-order valence-corrected chi connectivity index (χ2v) is 5.26. The number of fused-ring (bicyclic) bond motifs is 1. The van der Waals surface area contributed by atoms with Gasteiger partial charge in [0.15, 0.2) is 0 Å². The molecule has 0 spiro atoms. The number of carbonyl (C=O) groups is 2. The van der Waals surface area contributed by atoms with Gasteiger partial charge in [-0.3, -0.25) is 14.6 Å². The molecule has 1 aliphatic rings. The number of ether oxygens (including phenoxy) is 1. The van der Waals surface area contributed by atoms with Crippen LogP contribution in [-0.2, 0) is 16.1 Å². The molecule has 0 fully saturated rings. The van der Waals surface area contributed by atoms with Gasteiger partial charge in [-0.15, -0.1) is 0 Å². The zero-order chi connectivity index (χ0) is 15.4. The van der Waals surface area contributed by atoms with Crippen LogP contribution in [-0.4, -0.2) is 16.9 Å². The monoisotopic (exact) mass is 296 g/mol. The van der Waals surface area contributed by atoms with E-state index in [1.54, 1.807) is 18.5 Å². The smallest absolute Gasteiger partial charge is 0.311 e. The Labute approximate surface area is 128 Å². The molecule has 112 valence electrons. The average molecular weight is 296 g/mol. The summed E-state index contributed by atoms with van der Waals surface area (Å²) in [5.41, 5.74) is 1.86. The number of hydrogen-bond donors (Lipinski definition) is 1. The van der Waals surface area contributed by atoms with Crippen molar-refractivity contribution in [2.24, 2.45) is 0 Å². The minimum Gasteiger partial charge on any atom is -0.426 e. The van der Waals surface area contributed by atoms with E-state index in [1.807, 2.05) is 30.3 Å². The molecular weight excluding hydrogens is 280 g/mol. The van der Waals surface area contributed by atoms with Crippen molar-refractivity contribution < 1.29 is 14.3 Å². The van der Waals surface area contributed by atoms with Crippen molar-refractivity contribution in [2.75, 3.05) is 0 Å². The van der Waals surface area contributed by atoms with Crippen LogP contribution in [0.2, 0.25) is 0 Å². The summed E-state index contributed by atoms with van der Waals surface area (Å²) in [4.78, 5) is 27.8. The van der Waals surface area contributed by atoms with Gasteiger partial charge in [-0.1, -0.05) is 24.3 Å². The van der Waals surface area contributed by atoms with Crippen molar-refractivity contribution in [1.29, 1.82) is 0 Å². The third-order valence-electron chi connectivity index (χ3n) is 3.64. The van der Waals surface area contributed by atoms with Gasteiger partial charge in [0.25, 0.3) is 0 Å². The topological polar surface area (TPSA) is 68.3 Å². The molecule has 0 aliphatic carbocycles. The highest BCUT2D eigenvalue weighted by molar-refractivity contribution is 5.81. The van der Waals surface area contributed by atoms with Gasteiger partial charge in [0.05, 0.1) is 6.42 Å². The van der Waals surface area contributed by atoms with Crippen molar-refractivity contribution in [3.05, 3.63) is 59.9 Å². The Bertz CT molecular complexity index is 685. The number of nitrogens with one attached hydrogen (secondary N) is 1. The summed E-state index contributed by atoms with van der Waals surface area (Å²) in [6.45, 7) is 0.436. The van der Waals surface area contributed by atoms with Crippen molar-refractivity contribution in [3.8, 4) is 5.75 Å². The predicted octanol–water partition coefficient (Wildman–Crippen LogP) is 2.18. The van der Waals surface area contributed by atoms with Gasteiger partial charge in [0.2, 0.25) is 5.91 Å². The largest absolute Gasteiger partial charge is 0.426 e. The molecule has 1 N–H and O–H groups in total. The molecule has 1 aromatic heterocycles. The van der Waals surface area contributed by atoms with E-state index in [1.165, 1.54) is 0 Å². The third-order valence-corrected chi connectivity index (χ3v) is 3.64. The Morgan fingerprint density at radius 2 is 2.14 bits per heavy atom. The van der Waals surface area contributed by atoms with E-state index >= 15 is 0 Å². The van der Waals surface area contributed by atoms with Gasteiger partial charge in [0, 0.05) is 31.3 Å². The number of carbonyl (C=O) groups excluding carboxylic acids is 2. The van der Waals surface area contributed by atoms with Gasteiger partial charge in [0.1, 0.15) is 5.75 Å². The number of aromatic nitrogens is 1. The number of nitrogens with zero attached hydrogens (tertiary/aromatic N) is 1. The first kappa shape index (κ1) is 14.3. The van der Waals surface area contributed by atoms with E-state index in [0.29, 0.717) is 12.3 Å². The maximum absolute atomic E-state index is 12.1. The molecule has 0 unspecified atom stereocenters. The number of benzene rings is 1. The number of pyridine rings is 1. The fourth-order valence-electron chi connectivity index (χ4n) is 2.57. The average Bonchev–Trinajstić information content (AvgIpc) is 2.54. The van der Waals surface area contributed by atoms with Crippen LogP contribution in [0.1, 0.15) is 29.9 Å². The molecule has 0 saturated carbocycles. The van der Waals surface area contributed by atoms with E-state index in [-0.39, 0.29) is 30.6 Å². The summed E-state index contributed by atoms with van der Waals surface area (Å²) in [5, 5.41) is 2.86. The van der Waals surface area contributed by atoms with Crippen LogP contribution >= 0.6 is 0 Å². The maximum Gasteiger partial charge on any atom is 0.311 e. The molecule has 22 heavy (non-hydrogen) atoms. The molecule has 1 amide bonds. The highest BCUT2D eigenvalue weighted by Crippen LogP contribution is 2.35. The summed E-state index contributed by atoms with van der Waals surface area (Å²) < 4.78 is 5.19. The van der Waals surface area contributed by atoms with Crippen LogP contribution in [0, 0.1) is 0 Å². The van der Waals surface area contributed by atoms with Crippen LogP contribution in [0.3, 0.4) is 0 Å². The van der Waals surface area contributed by atoms with Crippen molar-refractivity contribution in [3.63, 3.8) is 0 Å². The minimum atomic E-state index is -0.288. The Balaban J connectivity index is 1.63. The Hall–Kier alpha value is -2.69. The summed E-state index contributed by atoms with van der Waals surface area (Å²) in [6, 6.07) is 11.1. The summed E-state index contributed by atoms with van der Waals surface area (Å²) in [7, 11) is 0. The molecule has 2 heterocycles. The molecule has 1 aliphatic heterocycles. The SMILES string of the molecule is O=C(C[C@H]1CC(=O)Oc2ccccc21)NCc1cccnc1. The Morgan fingerprint density at radius 1 is 1.27 bits per heavy atom. The molecule has 1 aromatic carbocycles. The standard InChI is InChI=1S/C17H16N2O3/c20-16(19-11-12-4-3-7-18-10-12)8-13-9-17(21)22-15-6-2-1-5-14(13)15/h1-7,10,13H,8-9,11H2,(H,19,20)/t13-/m0/s1. The van der Waals surface area contributed by atoms with E-state index in [4.69, 9.17) is 4.74 Å². The molecule has 0 radical (unpaired) electrons. The highest BCUT2D eigenvalue weighted by atomic mass is 16.5. The molecule has 1 atom stereocenters.